The van der Waals surface area contributed by atoms with Crippen molar-refractivity contribution in [1.82, 2.24) is 14.8 Å². The highest BCUT2D eigenvalue weighted by Gasteiger charge is 2.09. The molecule has 1 fully saturated rings. The number of H-pyrrole nitrogens is 1. The second kappa shape index (κ2) is 6.91. The van der Waals surface area contributed by atoms with E-state index >= 15 is 0 Å². The molecule has 0 saturated carbocycles. The van der Waals surface area contributed by atoms with Gasteiger partial charge in [0, 0.05) is 29.7 Å². The molecule has 1 aromatic rings. The van der Waals surface area contributed by atoms with Crippen molar-refractivity contribution < 1.29 is 5.10 Å². The second-order valence-corrected chi connectivity index (χ2v) is 5.42. The Kier molecular flexibility index (Phi) is 5.15. The molecule has 2 heterocycles. The monoisotopic (exact) mass is 241 g/mol. The van der Waals surface area contributed by atoms with Crippen LogP contribution in [0.15, 0.2) is 12.4 Å². The van der Waals surface area contributed by atoms with Gasteiger partial charge in [0.15, 0.2) is 6.20 Å². The van der Waals surface area contributed by atoms with Gasteiger partial charge >= 0.3 is 0 Å². The van der Waals surface area contributed by atoms with E-state index in [4.69, 9.17) is 0 Å². The third-order valence-corrected chi connectivity index (χ3v) is 3.89. The zero-order valence-electron chi connectivity index (χ0n) is 9.77. The van der Waals surface area contributed by atoms with E-state index in [0.29, 0.717) is 0 Å². The van der Waals surface area contributed by atoms with E-state index in [9.17, 15) is 0 Å². The molecule has 1 saturated heterocycles. The molecule has 5 heteroatoms. The van der Waals surface area contributed by atoms with Gasteiger partial charge in [-0.2, -0.15) is 16.9 Å². The van der Waals surface area contributed by atoms with Crippen LogP contribution >= 0.6 is 11.8 Å². The van der Waals surface area contributed by atoms with E-state index < -0.39 is 0 Å². The molecule has 0 amide bonds. The molecule has 1 N–H and O–H groups in total. The zero-order valence-corrected chi connectivity index (χ0v) is 10.6. The Morgan fingerprint density at radius 1 is 1.12 bits per heavy atom. The van der Waals surface area contributed by atoms with Crippen LogP contribution in [0.3, 0.4) is 0 Å². The van der Waals surface area contributed by atoms with Gasteiger partial charge < -0.3 is 4.90 Å². The fraction of sp³-hybridized carbons (Fsp3) is 0.818. The maximum atomic E-state index is 4.15. The van der Waals surface area contributed by atoms with Gasteiger partial charge in [-0.25, -0.2) is 0 Å². The van der Waals surface area contributed by atoms with Gasteiger partial charge in [-0.1, -0.05) is 6.42 Å². The minimum Gasteiger partial charge on any atom is -0.302 e. The van der Waals surface area contributed by atoms with Gasteiger partial charge in [0.25, 0.3) is 0 Å². The lowest BCUT2D eigenvalue weighted by Crippen LogP contribution is -2.33. The van der Waals surface area contributed by atoms with Crippen LogP contribution in [-0.2, 0) is 6.54 Å². The molecule has 0 unspecified atom stereocenters. The Bertz CT molecular complexity index is 270. The summed E-state index contributed by atoms with van der Waals surface area (Å²) in [7, 11) is 0. The fourth-order valence-electron chi connectivity index (χ4n) is 1.99. The minimum absolute atomic E-state index is 1.02. The van der Waals surface area contributed by atoms with Gasteiger partial charge in [0.1, 0.15) is 6.54 Å². The first-order valence-corrected chi connectivity index (χ1v) is 7.30. The Hall–Kier alpha value is -0.550. The predicted octanol–water partition coefficient (Wildman–Crippen LogP) is 0.916. The molecule has 4 nitrogen and oxygen atoms in total. The first-order chi connectivity index (χ1) is 7.95. The summed E-state index contributed by atoms with van der Waals surface area (Å²) >= 11 is 2.08. The molecule has 90 valence electrons. The number of nitrogens with zero attached hydrogens (tertiary/aromatic N) is 3. The molecule has 0 bridgehead atoms. The van der Waals surface area contributed by atoms with Crippen LogP contribution in [-0.4, -0.2) is 45.9 Å². The SMILES string of the molecule is c1c[nH+]n(CCCCCN2CCSCC2)n1. The molecule has 0 aromatic carbocycles. The lowest BCUT2D eigenvalue weighted by atomic mass is 10.2. The summed E-state index contributed by atoms with van der Waals surface area (Å²) in [6.07, 6.45) is 7.51. The van der Waals surface area contributed by atoms with E-state index in [1.54, 1.807) is 6.20 Å². The van der Waals surface area contributed by atoms with Gasteiger partial charge in [0.2, 0.25) is 6.20 Å². The summed E-state index contributed by atoms with van der Waals surface area (Å²) in [4.78, 5) is 4.49. The Morgan fingerprint density at radius 2 is 1.94 bits per heavy atom. The van der Waals surface area contributed by atoms with Crippen LogP contribution in [0, 0.1) is 0 Å². The Balaban J connectivity index is 1.48. The first kappa shape index (κ1) is 11.9. The van der Waals surface area contributed by atoms with Crippen molar-refractivity contribution in [1.29, 1.82) is 0 Å². The van der Waals surface area contributed by atoms with Crippen LogP contribution in [0.1, 0.15) is 19.3 Å². The standard InChI is InChI=1S/C11H20N4S/c1(3-7-15-12-4-5-13-15)2-6-14-8-10-16-11-9-14/h4-5H,1-3,6-11H2/p+1. The van der Waals surface area contributed by atoms with Gasteiger partial charge in [-0.05, 0) is 24.2 Å². The van der Waals surface area contributed by atoms with Gasteiger partial charge in [-0.3, -0.25) is 0 Å². The summed E-state index contributed by atoms with van der Waals surface area (Å²) in [5.74, 6) is 2.64. The number of hydrogen-bond acceptors (Lipinski definition) is 3. The van der Waals surface area contributed by atoms with E-state index in [0.717, 1.165) is 6.54 Å². The van der Waals surface area contributed by atoms with Crippen LogP contribution in [0.25, 0.3) is 0 Å². The molecule has 2 rings (SSSR count). The quantitative estimate of drug-likeness (QED) is 0.695. The normalized spacial score (nSPS) is 17.8. The molecule has 1 aliphatic rings. The number of thioether (sulfide) groups is 1. The summed E-state index contributed by atoms with van der Waals surface area (Å²) in [6.45, 7) is 4.88. The highest BCUT2D eigenvalue weighted by atomic mass is 32.2. The molecule has 1 aromatic heterocycles. The average molecular weight is 241 g/mol. The van der Waals surface area contributed by atoms with Crippen LogP contribution < -0.4 is 5.10 Å². The summed E-state index contributed by atoms with van der Waals surface area (Å²) in [5, 5.41) is 7.22. The highest BCUT2D eigenvalue weighted by molar-refractivity contribution is 7.99. The Labute approximate surface area is 101 Å². The highest BCUT2D eigenvalue weighted by Crippen LogP contribution is 2.10. The van der Waals surface area contributed by atoms with E-state index in [-0.39, 0.29) is 0 Å². The molecular formula is C11H21N4S+. The number of unbranched alkanes of at least 4 members (excludes halogenated alkanes) is 2. The van der Waals surface area contributed by atoms with Crippen molar-refractivity contribution in [3.05, 3.63) is 12.4 Å². The molecule has 0 radical (unpaired) electrons. The maximum absolute atomic E-state index is 4.15. The summed E-state index contributed by atoms with van der Waals surface area (Å²) < 4.78 is 0. The van der Waals surface area contributed by atoms with Crippen molar-refractivity contribution in [2.45, 2.75) is 25.8 Å². The average Bonchev–Trinajstić information content (AvgIpc) is 2.83. The summed E-state index contributed by atoms with van der Waals surface area (Å²) in [5.41, 5.74) is 0. The van der Waals surface area contributed by atoms with Gasteiger partial charge in [-0.15, -0.1) is 0 Å². The van der Waals surface area contributed by atoms with E-state index in [1.165, 1.54) is 50.4 Å². The molecule has 16 heavy (non-hydrogen) atoms. The third kappa shape index (κ3) is 4.14. The molecular weight excluding hydrogens is 220 g/mol. The van der Waals surface area contributed by atoms with Crippen LogP contribution in [0.5, 0.6) is 0 Å². The molecule has 0 aliphatic carbocycles. The number of hydrogen-bond donors (Lipinski definition) is 0. The number of rotatable bonds is 6. The first-order valence-electron chi connectivity index (χ1n) is 6.15. The third-order valence-electron chi connectivity index (χ3n) is 2.95. The minimum atomic E-state index is 1.02. The van der Waals surface area contributed by atoms with Crippen LogP contribution in [0.2, 0.25) is 0 Å². The van der Waals surface area contributed by atoms with E-state index in [2.05, 4.69) is 26.9 Å². The Morgan fingerprint density at radius 3 is 2.69 bits per heavy atom. The lowest BCUT2D eigenvalue weighted by molar-refractivity contribution is -0.497. The van der Waals surface area contributed by atoms with Crippen molar-refractivity contribution >= 4 is 11.8 Å². The van der Waals surface area contributed by atoms with Gasteiger partial charge in [0.05, 0.1) is 0 Å². The molecule has 0 spiro atoms. The molecule has 0 atom stereocenters. The number of aromatic amines is 1. The number of nitrogens with one attached hydrogen (secondary N) is 1. The molecule has 1 aliphatic heterocycles. The summed E-state index contributed by atoms with van der Waals surface area (Å²) in [6, 6.07) is 0. The van der Waals surface area contributed by atoms with Crippen molar-refractivity contribution in [2.24, 2.45) is 0 Å². The number of aromatic nitrogens is 3. The zero-order chi connectivity index (χ0) is 11.1. The van der Waals surface area contributed by atoms with Crippen LogP contribution in [0.4, 0.5) is 0 Å². The van der Waals surface area contributed by atoms with Crippen molar-refractivity contribution in [3.63, 3.8) is 0 Å². The van der Waals surface area contributed by atoms with Crippen molar-refractivity contribution in [2.75, 3.05) is 31.1 Å². The van der Waals surface area contributed by atoms with Crippen molar-refractivity contribution in [3.8, 4) is 0 Å². The van der Waals surface area contributed by atoms with E-state index in [1.807, 2.05) is 11.0 Å². The second-order valence-electron chi connectivity index (χ2n) is 4.20. The smallest absolute Gasteiger partial charge is 0.206 e. The topological polar surface area (TPSA) is 35.2 Å². The lowest BCUT2D eigenvalue weighted by Gasteiger charge is -2.25. The fourth-order valence-corrected chi connectivity index (χ4v) is 2.97. The predicted molar refractivity (Wildman–Crippen MR) is 66.4 cm³/mol. The number of aryl methyl sites for hydroxylation is 1. The largest absolute Gasteiger partial charge is 0.302 e. The maximum Gasteiger partial charge on any atom is 0.206 e.